The minimum absolute atomic E-state index is 0.337. The first kappa shape index (κ1) is 25.8. The fourth-order valence-electron chi connectivity index (χ4n) is 3.05. The van der Waals surface area contributed by atoms with E-state index in [1.165, 1.54) is 0 Å². The van der Waals surface area contributed by atoms with Crippen molar-refractivity contribution in [3.63, 3.8) is 0 Å². The predicted octanol–water partition coefficient (Wildman–Crippen LogP) is 4.08. The molecule has 6 nitrogen and oxygen atoms in total. The Hall–Kier alpha value is -0.240. The van der Waals surface area contributed by atoms with Crippen LogP contribution in [0.5, 0.6) is 0 Å². The molecule has 3 unspecified atom stereocenters. The van der Waals surface area contributed by atoms with E-state index in [1.807, 2.05) is 0 Å². The monoisotopic (exact) mass is 404 g/mol. The van der Waals surface area contributed by atoms with E-state index in [2.05, 4.69) is 27.7 Å². The van der Waals surface area contributed by atoms with Gasteiger partial charge in [0.1, 0.15) is 24.4 Å². The van der Waals surface area contributed by atoms with Crippen LogP contribution in [0.1, 0.15) is 79.1 Å². The van der Waals surface area contributed by atoms with Crippen LogP contribution in [0.2, 0.25) is 0 Å². The van der Waals surface area contributed by atoms with Crippen molar-refractivity contribution in [2.24, 2.45) is 0 Å². The maximum absolute atomic E-state index is 10.9. The average Bonchev–Trinajstić information content (AvgIpc) is 2.70. The molecule has 0 aromatic carbocycles. The van der Waals surface area contributed by atoms with Gasteiger partial charge < -0.3 is 28.8 Å². The first-order chi connectivity index (χ1) is 13.7. The third-order valence-electron chi connectivity index (χ3n) is 4.94. The van der Waals surface area contributed by atoms with Gasteiger partial charge in [0.2, 0.25) is 0 Å². The molecule has 0 radical (unpaired) electrons. The van der Waals surface area contributed by atoms with Gasteiger partial charge in [0.25, 0.3) is 0 Å². The molecule has 1 heterocycles. The molecule has 1 fully saturated rings. The van der Waals surface area contributed by atoms with Gasteiger partial charge in [-0.15, -0.1) is 0 Å². The van der Waals surface area contributed by atoms with Crippen molar-refractivity contribution in [2.75, 3.05) is 33.0 Å². The molecule has 1 rings (SSSR count). The summed E-state index contributed by atoms with van der Waals surface area (Å²) in [5.41, 5.74) is 0. The van der Waals surface area contributed by atoms with Crippen LogP contribution in [0.3, 0.4) is 0 Å². The van der Waals surface area contributed by atoms with E-state index >= 15 is 0 Å². The molecule has 5 atom stereocenters. The van der Waals surface area contributed by atoms with Crippen LogP contribution in [-0.2, 0) is 23.7 Å². The summed E-state index contributed by atoms with van der Waals surface area (Å²) in [6.45, 7) is 11.3. The molecule has 28 heavy (non-hydrogen) atoms. The van der Waals surface area contributed by atoms with Crippen LogP contribution >= 0.6 is 0 Å². The molecule has 1 N–H and O–H groups in total. The maximum atomic E-state index is 10.9. The van der Waals surface area contributed by atoms with Crippen LogP contribution in [0, 0.1) is 0 Å². The zero-order valence-corrected chi connectivity index (χ0v) is 18.6. The van der Waals surface area contributed by atoms with Crippen LogP contribution in [-0.4, -0.2) is 68.8 Å². The molecule has 0 amide bonds. The molecule has 1 saturated heterocycles. The van der Waals surface area contributed by atoms with E-state index in [9.17, 15) is 5.11 Å². The van der Waals surface area contributed by atoms with Crippen molar-refractivity contribution in [3.05, 3.63) is 0 Å². The number of rotatable bonds is 17. The quantitative estimate of drug-likeness (QED) is 0.369. The van der Waals surface area contributed by atoms with Gasteiger partial charge in [0.15, 0.2) is 6.29 Å². The van der Waals surface area contributed by atoms with E-state index in [0.717, 1.165) is 51.4 Å². The highest BCUT2D eigenvalue weighted by molar-refractivity contribution is 4.91. The fourth-order valence-corrected chi connectivity index (χ4v) is 3.05. The third kappa shape index (κ3) is 9.51. The average molecular weight is 405 g/mol. The maximum Gasteiger partial charge on any atom is 0.186 e. The number of ether oxygens (including phenoxy) is 5. The van der Waals surface area contributed by atoms with Gasteiger partial charge >= 0.3 is 0 Å². The summed E-state index contributed by atoms with van der Waals surface area (Å²) in [4.78, 5) is 0. The number of aliphatic hydroxyl groups is 1. The Kier molecular flexibility index (Phi) is 15.2. The first-order valence-corrected chi connectivity index (χ1v) is 11.5. The normalized spacial score (nSPS) is 28.0. The Labute approximate surface area is 172 Å². The summed E-state index contributed by atoms with van der Waals surface area (Å²) in [7, 11) is 0. The molecule has 168 valence electrons. The van der Waals surface area contributed by atoms with Gasteiger partial charge in [0.05, 0.1) is 6.61 Å². The van der Waals surface area contributed by atoms with Crippen molar-refractivity contribution < 1.29 is 28.8 Å². The highest BCUT2D eigenvalue weighted by atomic mass is 16.7. The summed E-state index contributed by atoms with van der Waals surface area (Å²) in [5, 5.41) is 10.9. The molecule has 0 bridgehead atoms. The fraction of sp³-hybridized carbons (Fsp3) is 1.00. The van der Waals surface area contributed by atoms with Gasteiger partial charge in [-0.1, -0.05) is 53.4 Å². The lowest BCUT2D eigenvalue weighted by Gasteiger charge is -2.44. The van der Waals surface area contributed by atoms with E-state index in [-0.39, 0.29) is 0 Å². The summed E-state index contributed by atoms with van der Waals surface area (Å²) in [6.07, 6.45) is 5.38. The molecular formula is C22H44O6. The second-order valence-electron chi connectivity index (χ2n) is 7.56. The van der Waals surface area contributed by atoms with Crippen molar-refractivity contribution in [2.45, 2.75) is 110 Å². The number of hydrogen-bond donors (Lipinski definition) is 1. The van der Waals surface area contributed by atoms with Crippen molar-refractivity contribution in [1.29, 1.82) is 0 Å². The summed E-state index contributed by atoms with van der Waals surface area (Å²) < 4.78 is 30.0. The van der Waals surface area contributed by atoms with Crippen LogP contribution in [0.4, 0.5) is 0 Å². The van der Waals surface area contributed by atoms with E-state index in [0.29, 0.717) is 33.0 Å². The Morgan fingerprint density at radius 2 is 1.18 bits per heavy atom. The largest absolute Gasteiger partial charge is 0.387 e. The summed E-state index contributed by atoms with van der Waals surface area (Å²) in [5.74, 6) is 0. The van der Waals surface area contributed by atoms with Gasteiger partial charge in [-0.3, -0.25) is 0 Å². The predicted molar refractivity (Wildman–Crippen MR) is 111 cm³/mol. The van der Waals surface area contributed by atoms with Crippen LogP contribution < -0.4 is 0 Å². The van der Waals surface area contributed by atoms with Gasteiger partial charge in [-0.05, 0) is 25.7 Å². The van der Waals surface area contributed by atoms with E-state index in [1.54, 1.807) is 0 Å². The molecule has 0 saturated carbocycles. The molecule has 6 heteroatoms. The second-order valence-corrected chi connectivity index (χ2v) is 7.56. The smallest absolute Gasteiger partial charge is 0.186 e. The second kappa shape index (κ2) is 16.5. The summed E-state index contributed by atoms with van der Waals surface area (Å²) in [6, 6.07) is 0. The number of hydrogen-bond acceptors (Lipinski definition) is 6. The SMILES string of the molecule is CCCCOCC1O[C@@H](OCCCC)C(OCCCC)C(OCCCC)[C@@H]1O. The third-order valence-corrected chi connectivity index (χ3v) is 4.94. The lowest BCUT2D eigenvalue weighted by molar-refractivity contribution is -0.318. The molecule has 0 aromatic heterocycles. The zero-order chi connectivity index (χ0) is 20.6. The molecule has 0 aromatic rings. The molecular weight excluding hydrogens is 360 g/mol. The Morgan fingerprint density at radius 3 is 1.75 bits per heavy atom. The van der Waals surface area contributed by atoms with Crippen molar-refractivity contribution >= 4 is 0 Å². The van der Waals surface area contributed by atoms with Crippen molar-refractivity contribution in [1.82, 2.24) is 0 Å². The highest BCUT2D eigenvalue weighted by Crippen LogP contribution is 2.28. The standard InChI is InChI=1S/C22H44O6/c1-5-9-13-24-17-18-19(23)20(25-14-10-6-2)21(26-15-11-7-3)22(28-18)27-16-12-8-4/h18-23H,5-17H2,1-4H3/t18?,19-,20?,21?,22-/m1/s1. The minimum Gasteiger partial charge on any atom is -0.387 e. The van der Waals surface area contributed by atoms with Gasteiger partial charge in [0, 0.05) is 26.4 Å². The molecule has 1 aliphatic rings. The molecule has 0 aliphatic carbocycles. The van der Waals surface area contributed by atoms with E-state index < -0.39 is 30.7 Å². The number of unbranched alkanes of at least 4 members (excludes halogenated alkanes) is 4. The van der Waals surface area contributed by atoms with E-state index in [4.69, 9.17) is 23.7 Å². The van der Waals surface area contributed by atoms with Gasteiger partial charge in [-0.25, -0.2) is 0 Å². The Balaban J connectivity index is 2.81. The van der Waals surface area contributed by atoms with Gasteiger partial charge in [-0.2, -0.15) is 0 Å². The lowest BCUT2D eigenvalue weighted by Crippen LogP contribution is -2.61. The molecule has 1 aliphatic heterocycles. The lowest BCUT2D eigenvalue weighted by atomic mass is 9.98. The zero-order valence-electron chi connectivity index (χ0n) is 18.6. The first-order valence-electron chi connectivity index (χ1n) is 11.5. The Bertz CT molecular complexity index is 354. The van der Waals surface area contributed by atoms with Crippen LogP contribution in [0.25, 0.3) is 0 Å². The topological polar surface area (TPSA) is 66.4 Å². The number of aliphatic hydroxyl groups excluding tert-OH is 1. The minimum atomic E-state index is -0.795. The Morgan fingerprint density at radius 1 is 0.679 bits per heavy atom. The molecule has 0 spiro atoms. The van der Waals surface area contributed by atoms with Crippen molar-refractivity contribution in [3.8, 4) is 0 Å². The summed E-state index contributed by atoms with van der Waals surface area (Å²) >= 11 is 0. The highest BCUT2D eigenvalue weighted by Gasteiger charge is 2.47. The van der Waals surface area contributed by atoms with Crippen LogP contribution in [0.15, 0.2) is 0 Å².